The SMILES string of the molecule is CCC[C@H](c1nnnn1CS(=O)(=O)c1ccc(C)cc1)[NH+]1CC[NH+](CC)CC1. The van der Waals surface area contributed by atoms with Crippen LogP contribution >= 0.6 is 0 Å². The summed E-state index contributed by atoms with van der Waals surface area (Å²) in [4.78, 5) is 3.39. The third-order valence-electron chi connectivity index (χ3n) is 5.71. The van der Waals surface area contributed by atoms with E-state index in [-0.39, 0.29) is 11.9 Å². The van der Waals surface area contributed by atoms with Crippen LogP contribution in [0, 0.1) is 6.92 Å². The van der Waals surface area contributed by atoms with E-state index in [1.165, 1.54) is 9.58 Å². The molecule has 2 N–H and O–H groups in total. The number of quaternary nitrogens is 2. The van der Waals surface area contributed by atoms with Crippen LogP contribution in [0.4, 0.5) is 0 Å². The van der Waals surface area contributed by atoms with Crippen LogP contribution in [-0.2, 0) is 15.7 Å². The van der Waals surface area contributed by atoms with Gasteiger partial charge < -0.3 is 9.80 Å². The van der Waals surface area contributed by atoms with Crippen LogP contribution in [0.2, 0.25) is 0 Å². The zero-order valence-electron chi connectivity index (χ0n) is 17.1. The molecule has 154 valence electrons. The van der Waals surface area contributed by atoms with Gasteiger partial charge in [0.15, 0.2) is 15.7 Å². The molecule has 1 saturated heterocycles. The summed E-state index contributed by atoms with van der Waals surface area (Å²) < 4.78 is 27.2. The summed E-state index contributed by atoms with van der Waals surface area (Å²) in [5.41, 5.74) is 1.03. The van der Waals surface area contributed by atoms with Gasteiger partial charge in [0.1, 0.15) is 32.2 Å². The summed E-state index contributed by atoms with van der Waals surface area (Å²) in [7, 11) is -3.51. The van der Waals surface area contributed by atoms with Crippen molar-refractivity contribution in [3.8, 4) is 0 Å². The Bertz CT molecular complexity index is 857. The number of aromatic nitrogens is 4. The van der Waals surface area contributed by atoms with E-state index in [1.54, 1.807) is 17.0 Å². The molecule has 0 bridgehead atoms. The van der Waals surface area contributed by atoms with Crippen LogP contribution in [0.1, 0.15) is 44.1 Å². The lowest BCUT2D eigenvalue weighted by Crippen LogP contribution is -3.28. The molecule has 2 aromatic rings. The maximum atomic E-state index is 12.9. The van der Waals surface area contributed by atoms with Gasteiger partial charge in [-0.1, -0.05) is 31.0 Å². The normalized spacial score (nSPS) is 21.5. The third-order valence-corrected chi connectivity index (χ3v) is 7.29. The zero-order chi connectivity index (χ0) is 20.1. The summed E-state index contributed by atoms with van der Waals surface area (Å²) in [6.45, 7) is 11.9. The maximum Gasteiger partial charge on any atom is 0.210 e. The van der Waals surface area contributed by atoms with E-state index in [0.717, 1.165) is 51.1 Å². The standard InChI is InChI=1S/C19H30N6O2S/c1-4-6-18(24-13-11-23(5-2)12-14-24)19-20-21-22-25(19)15-28(26,27)17-9-7-16(3)8-10-17/h7-10,18H,4-6,11-15H2,1-3H3/p+2/t18-/m1/s1. The summed E-state index contributed by atoms with van der Waals surface area (Å²) in [6, 6.07) is 7.05. The second-order valence-electron chi connectivity index (χ2n) is 7.70. The van der Waals surface area contributed by atoms with Crippen LogP contribution in [0.15, 0.2) is 29.2 Å². The van der Waals surface area contributed by atoms with E-state index >= 15 is 0 Å². The molecule has 0 saturated carbocycles. The lowest BCUT2D eigenvalue weighted by molar-refractivity contribution is -1.03. The number of piperazine rings is 1. The predicted octanol–water partition coefficient (Wildman–Crippen LogP) is -0.943. The molecule has 9 heteroatoms. The van der Waals surface area contributed by atoms with E-state index in [0.29, 0.717) is 10.7 Å². The Balaban J connectivity index is 1.81. The van der Waals surface area contributed by atoms with Crippen molar-refractivity contribution in [3.05, 3.63) is 35.7 Å². The molecule has 3 rings (SSSR count). The van der Waals surface area contributed by atoms with Gasteiger partial charge in [-0.2, -0.15) is 0 Å². The van der Waals surface area contributed by atoms with Crippen molar-refractivity contribution < 1.29 is 18.2 Å². The molecule has 0 spiro atoms. The van der Waals surface area contributed by atoms with Gasteiger partial charge in [-0.25, -0.2) is 13.1 Å². The van der Waals surface area contributed by atoms with Crippen molar-refractivity contribution in [1.82, 2.24) is 20.2 Å². The zero-order valence-corrected chi connectivity index (χ0v) is 17.9. The summed E-state index contributed by atoms with van der Waals surface area (Å²) in [5.74, 6) is 0.464. The largest absolute Gasteiger partial charge is 0.326 e. The minimum atomic E-state index is -3.51. The summed E-state index contributed by atoms with van der Waals surface area (Å²) in [6.07, 6.45) is 1.96. The predicted molar refractivity (Wildman–Crippen MR) is 106 cm³/mol. The first-order valence-electron chi connectivity index (χ1n) is 10.2. The van der Waals surface area contributed by atoms with Crippen molar-refractivity contribution >= 4 is 9.84 Å². The molecule has 1 aromatic carbocycles. The van der Waals surface area contributed by atoms with Crippen molar-refractivity contribution in [2.75, 3.05) is 32.7 Å². The Morgan fingerprint density at radius 2 is 1.79 bits per heavy atom. The molecule has 1 aromatic heterocycles. The van der Waals surface area contributed by atoms with E-state index in [1.807, 2.05) is 19.1 Å². The highest BCUT2D eigenvalue weighted by Crippen LogP contribution is 2.17. The van der Waals surface area contributed by atoms with Crippen LogP contribution in [0.5, 0.6) is 0 Å². The summed E-state index contributed by atoms with van der Waals surface area (Å²) in [5, 5.41) is 12.1. The number of rotatable bonds is 8. The molecule has 8 nitrogen and oxygen atoms in total. The number of hydrogen-bond donors (Lipinski definition) is 2. The second kappa shape index (κ2) is 9.11. The van der Waals surface area contributed by atoms with Crippen LogP contribution in [0.25, 0.3) is 0 Å². The highest BCUT2D eigenvalue weighted by atomic mass is 32.2. The van der Waals surface area contributed by atoms with Gasteiger partial charge in [-0.15, -0.1) is 5.10 Å². The number of sulfone groups is 1. The third kappa shape index (κ3) is 4.76. The molecular weight excluding hydrogens is 376 g/mol. The molecule has 1 fully saturated rings. The molecule has 2 heterocycles. The fourth-order valence-corrected chi connectivity index (χ4v) is 5.17. The minimum absolute atomic E-state index is 0.131. The monoisotopic (exact) mass is 408 g/mol. The Labute approximate surface area is 167 Å². The Kier molecular flexibility index (Phi) is 6.79. The molecule has 1 atom stereocenters. The summed E-state index contributed by atoms with van der Waals surface area (Å²) >= 11 is 0. The van der Waals surface area contributed by atoms with Gasteiger partial charge in [0, 0.05) is 6.42 Å². The van der Waals surface area contributed by atoms with E-state index in [2.05, 4.69) is 29.4 Å². The topological polar surface area (TPSA) is 86.6 Å². The minimum Gasteiger partial charge on any atom is -0.326 e. The van der Waals surface area contributed by atoms with Crippen LogP contribution in [-0.4, -0.2) is 61.3 Å². The molecule has 1 aliphatic heterocycles. The van der Waals surface area contributed by atoms with Gasteiger partial charge in [0.05, 0.1) is 11.4 Å². The quantitative estimate of drug-likeness (QED) is 0.589. The average Bonchev–Trinajstić information content (AvgIpc) is 3.13. The Hall–Kier alpha value is -1.84. The number of hydrogen-bond acceptors (Lipinski definition) is 5. The van der Waals surface area contributed by atoms with Crippen molar-refractivity contribution in [2.45, 2.75) is 50.4 Å². The first kappa shape index (κ1) is 20.9. The number of aryl methyl sites for hydroxylation is 1. The highest BCUT2D eigenvalue weighted by Gasteiger charge is 2.34. The molecule has 0 unspecified atom stereocenters. The van der Waals surface area contributed by atoms with Gasteiger partial charge in [0.2, 0.25) is 5.82 Å². The number of likely N-dealkylation sites (N-methyl/N-ethyl adjacent to an activating group) is 1. The maximum absolute atomic E-state index is 12.9. The highest BCUT2D eigenvalue weighted by molar-refractivity contribution is 7.90. The molecule has 0 amide bonds. The molecule has 0 radical (unpaired) electrons. The number of nitrogens with one attached hydrogen (secondary N) is 2. The van der Waals surface area contributed by atoms with Crippen LogP contribution in [0.3, 0.4) is 0 Å². The van der Waals surface area contributed by atoms with Crippen molar-refractivity contribution in [3.63, 3.8) is 0 Å². The lowest BCUT2D eigenvalue weighted by atomic mass is 10.1. The van der Waals surface area contributed by atoms with E-state index in [4.69, 9.17) is 0 Å². The first-order chi connectivity index (χ1) is 13.4. The van der Waals surface area contributed by atoms with Gasteiger partial charge in [-0.3, -0.25) is 0 Å². The van der Waals surface area contributed by atoms with Gasteiger partial charge >= 0.3 is 0 Å². The molecule has 28 heavy (non-hydrogen) atoms. The first-order valence-corrected chi connectivity index (χ1v) is 11.8. The molecule has 0 aliphatic carbocycles. The fourth-order valence-electron chi connectivity index (χ4n) is 3.97. The second-order valence-corrected chi connectivity index (χ2v) is 9.66. The Morgan fingerprint density at radius 1 is 1.11 bits per heavy atom. The average molecular weight is 409 g/mol. The van der Waals surface area contributed by atoms with Crippen LogP contribution < -0.4 is 9.80 Å². The number of tetrazole rings is 1. The Morgan fingerprint density at radius 3 is 2.39 bits per heavy atom. The van der Waals surface area contributed by atoms with E-state index in [9.17, 15) is 8.42 Å². The smallest absolute Gasteiger partial charge is 0.210 e. The van der Waals surface area contributed by atoms with Crippen molar-refractivity contribution in [2.24, 2.45) is 0 Å². The van der Waals surface area contributed by atoms with Crippen molar-refractivity contribution in [1.29, 1.82) is 0 Å². The molecule has 1 aliphatic rings. The fraction of sp³-hybridized carbons (Fsp3) is 0.632. The number of nitrogens with zero attached hydrogens (tertiary/aromatic N) is 4. The van der Waals surface area contributed by atoms with Gasteiger partial charge in [0.25, 0.3) is 0 Å². The van der Waals surface area contributed by atoms with E-state index < -0.39 is 9.84 Å². The van der Waals surface area contributed by atoms with Gasteiger partial charge in [-0.05, 0) is 36.4 Å². The lowest BCUT2D eigenvalue weighted by Gasteiger charge is -2.33. The number of benzene rings is 1. The molecular formula is C19H32N6O2S+2.